The van der Waals surface area contributed by atoms with Gasteiger partial charge in [0.25, 0.3) is 0 Å². The second-order valence-electron chi connectivity index (χ2n) is 5.27. The first-order valence-electron chi connectivity index (χ1n) is 7.13. The van der Waals surface area contributed by atoms with Crippen molar-refractivity contribution in [1.29, 1.82) is 0 Å². The van der Waals surface area contributed by atoms with Crippen molar-refractivity contribution in [2.75, 3.05) is 46.9 Å². The average Bonchev–Trinajstić information content (AvgIpc) is 2.64. The van der Waals surface area contributed by atoms with Gasteiger partial charge < -0.3 is 10.2 Å². The fraction of sp³-hybridized carbons (Fsp3) is 0.786. The van der Waals surface area contributed by atoms with E-state index in [-0.39, 0.29) is 0 Å². The van der Waals surface area contributed by atoms with Crippen LogP contribution in [0.25, 0.3) is 0 Å². The van der Waals surface area contributed by atoms with Crippen molar-refractivity contribution < 1.29 is 0 Å². The van der Waals surface area contributed by atoms with Crippen molar-refractivity contribution in [3.8, 4) is 0 Å². The highest BCUT2D eigenvalue weighted by molar-refractivity contribution is 5.35. The van der Waals surface area contributed by atoms with E-state index in [0.29, 0.717) is 6.04 Å². The smallest absolute Gasteiger partial charge is 0.0767 e. The summed E-state index contributed by atoms with van der Waals surface area (Å²) in [7, 11) is 4.27. The van der Waals surface area contributed by atoms with Gasteiger partial charge in [-0.3, -0.25) is 15.2 Å². The molecule has 1 atom stereocenters. The zero-order chi connectivity index (χ0) is 14.3. The van der Waals surface area contributed by atoms with Crippen LogP contribution in [-0.2, 0) is 0 Å². The van der Waals surface area contributed by atoms with Crippen LogP contribution in [0, 0.1) is 0 Å². The van der Waals surface area contributed by atoms with E-state index in [1.54, 1.807) is 0 Å². The van der Waals surface area contributed by atoms with Crippen LogP contribution in [-0.4, -0.2) is 69.5 Å². The highest BCUT2D eigenvalue weighted by Crippen LogP contribution is 2.21. The molecule has 0 aliphatic carbocycles. The van der Waals surface area contributed by atoms with Crippen molar-refractivity contribution in [3.63, 3.8) is 0 Å². The summed E-state index contributed by atoms with van der Waals surface area (Å²) in [6, 6.07) is 0.357. The molecule has 0 fully saturated rings. The van der Waals surface area contributed by atoms with Gasteiger partial charge in [-0.1, -0.05) is 6.92 Å². The molecule has 19 heavy (non-hydrogen) atoms. The molecule has 0 aromatic rings. The van der Waals surface area contributed by atoms with E-state index in [2.05, 4.69) is 60.1 Å². The summed E-state index contributed by atoms with van der Waals surface area (Å²) >= 11 is 0. The summed E-state index contributed by atoms with van der Waals surface area (Å²) in [5.74, 6) is 0. The van der Waals surface area contributed by atoms with E-state index in [1.165, 1.54) is 12.1 Å². The maximum Gasteiger partial charge on any atom is 0.0767 e. The molecule has 0 bridgehead atoms. The molecule has 5 heteroatoms. The summed E-state index contributed by atoms with van der Waals surface area (Å²) < 4.78 is 0. The standard InChI is InChI=1S/C14H29N5/c1-6-8-18(4)9-7-16-11-17-13-10-19(5)12(2)14(13)15-3/h12,16-17H,3,6-11H2,1-2,4-5H3. The second kappa shape index (κ2) is 8.30. The molecule has 1 heterocycles. The van der Waals surface area contributed by atoms with E-state index >= 15 is 0 Å². The molecule has 0 spiro atoms. The van der Waals surface area contributed by atoms with Crippen LogP contribution in [0.4, 0.5) is 0 Å². The van der Waals surface area contributed by atoms with Gasteiger partial charge in [0.2, 0.25) is 0 Å². The Morgan fingerprint density at radius 1 is 1.47 bits per heavy atom. The summed E-state index contributed by atoms with van der Waals surface area (Å²) in [6.07, 6.45) is 1.21. The highest BCUT2D eigenvalue weighted by Gasteiger charge is 2.25. The fourth-order valence-corrected chi connectivity index (χ4v) is 2.32. The molecule has 1 aliphatic rings. The van der Waals surface area contributed by atoms with E-state index in [4.69, 9.17) is 0 Å². The van der Waals surface area contributed by atoms with Crippen LogP contribution in [0.15, 0.2) is 16.4 Å². The third kappa shape index (κ3) is 4.93. The average molecular weight is 267 g/mol. The van der Waals surface area contributed by atoms with Gasteiger partial charge in [0.05, 0.1) is 18.4 Å². The first-order valence-corrected chi connectivity index (χ1v) is 7.13. The Morgan fingerprint density at radius 3 is 2.84 bits per heavy atom. The maximum atomic E-state index is 4.14. The number of rotatable bonds is 9. The van der Waals surface area contributed by atoms with Crippen molar-refractivity contribution >= 4 is 6.72 Å². The molecule has 1 unspecified atom stereocenters. The predicted octanol–water partition coefficient (Wildman–Crippen LogP) is 0.711. The van der Waals surface area contributed by atoms with Gasteiger partial charge >= 0.3 is 0 Å². The second-order valence-corrected chi connectivity index (χ2v) is 5.27. The fourth-order valence-electron chi connectivity index (χ4n) is 2.32. The van der Waals surface area contributed by atoms with Gasteiger partial charge in [0.1, 0.15) is 0 Å². The number of likely N-dealkylation sites (N-methyl/N-ethyl adjacent to an activating group) is 2. The van der Waals surface area contributed by atoms with E-state index in [0.717, 1.165) is 38.5 Å². The van der Waals surface area contributed by atoms with Crippen molar-refractivity contribution in [2.24, 2.45) is 4.99 Å². The molecule has 0 radical (unpaired) electrons. The minimum atomic E-state index is 0.357. The van der Waals surface area contributed by atoms with Gasteiger partial charge in [-0.25, -0.2) is 0 Å². The molecule has 0 aromatic heterocycles. The van der Waals surface area contributed by atoms with E-state index < -0.39 is 0 Å². The van der Waals surface area contributed by atoms with E-state index in [1.807, 2.05) is 0 Å². The molecule has 5 nitrogen and oxygen atoms in total. The third-order valence-corrected chi connectivity index (χ3v) is 3.65. The lowest BCUT2D eigenvalue weighted by Gasteiger charge is -2.16. The SMILES string of the molecule is C=NC1=C(NCNCCN(C)CCC)CN(C)C1C. The molecule has 1 rings (SSSR count). The molecular formula is C14H29N5. The minimum absolute atomic E-state index is 0.357. The molecule has 0 amide bonds. The Morgan fingerprint density at radius 2 is 2.21 bits per heavy atom. The summed E-state index contributed by atoms with van der Waals surface area (Å²) in [5.41, 5.74) is 2.27. The lowest BCUT2D eigenvalue weighted by molar-refractivity contribution is 0.328. The first kappa shape index (κ1) is 16.1. The third-order valence-electron chi connectivity index (χ3n) is 3.65. The van der Waals surface area contributed by atoms with Crippen LogP contribution < -0.4 is 10.6 Å². The van der Waals surface area contributed by atoms with Gasteiger partial charge in [0.15, 0.2) is 0 Å². The van der Waals surface area contributed by atoms with Crippen LogP contribution >= 0.6 is 0 Å². The number of hydrogen-bond donors (Lipinski definition) is 2. The molecule has 110 valence electrons. The topological polar surface area (TPSA) is 42.9 Å². The highest BCUT2D eigenvalue weighted by atomic mass is 15.2. The van der Waals surface area contributed by atoms with Crippen LogP contribution in [0.5, 0.6) is 0 Å². The number of aliphatic imine (C=N–C) groups is 1. The predicted molar refractivity (Wildman–Crippen MR) is 82.5 cm³/mol. The van der Waals surface area contributed by atoms with Gasteiger partial charge in [-0.15, -0.1) is 0 Å². The van der Waals surface area contributed by atoms with Crippen molar-refractivity contribution in [1.82, 2.24) is 20.4 Å². The Bertz CT molecular complexity index is 313. The minimum Gasteiger partial charge on any atom is -0.373 e. The van der Waals surface area contributed by atoms with Crippen LogP contribution in [0.1, 0.15) is 20.3 Å². The zero-order valence-corrected chi connectivity index (χ0v) is 12.9. The number of nitrogens with zero attached hydrogens (tertiary/aromatic N) is 3. The van der Waals surface area contributed by atoms with Gasteiger partial charge in [-0.05, 0) is 40.7 Å². The lowest BCUT2D eigenvalue weighted by Crippen LogP contribution is -2.35. The van der Waals surface area contributed by atoms with E-state index in [9.17, 15) is 0 Å². The maximum absolute atomic E-state index is 4.14. The number of nitrogens with one attached hydrogen (secondary N) is 2. The molecule has 2 N–H and O–H groups in total. The summed E-state index contributed by atoms with van der Waals surface area (Å²) in [6.45, 7) is 13.0. The molecular weight excluding hydrogens is 238 g/mol. The first-order chi connectivity index (χ1) is 9.10. The van der Waals surface area contributed by atoms with Crippen LogP contribution in [0.3, 0.4) is 0 Å². The van der Waals surface area contributed by atoms with Crippen molar-refractivity contribution in [3.05, 3.63) is 11.4 Å². The van der Waals surface area contributed by atoms with Crippen LogP contribution in [0.2, 0.25) is 0 Å². The lowest BCUT2D eigenvalue weighted by atomic mass is 10.2. The van der Waals surface area contributed by atoms with Gasteiger partial charge in [0, 0.05) is 25.3 Å². The molecule has 0 aromatic carbocycles. The Labute approximate surface area is 117 Å². The molecule has 1 aliphatic heterocycles. The normalized spacial score (nSPS) is 20.4. The number of hydrogen-bond acceptors (Lipinski definition) is 5. The summed E-state index contributed by atoms with van der Waals surface area (Å²) in [5, 5.41) is 6.83. The Balaban J connectivity index is 2.22. The molecule has 0 saturated carbocycles. The molecule has 0 saturated heterocycles. The largest absolute Gasteiger partial charge is 0.373 e. The summed E-state index contributed by atoms with van der Waals surface area (Å²) in [4.78, 5) is 8.75. The monoisotopic (exact) mass is 267 g/mol. The van der Waals surface area contributed by atoms with Crippen molar-refractivity contribution in [2.45, 2.75) is 26.3 Å². The quantitative estimate of drug-likeness (QED) is 0.367. The Hall–Kier alpha value is -0.910. The van der Waals surface area contributed by atoms with Gasteiger partial charge in [-0.2, -0.15) is 0 Å². The Kier molecular flexibility index (Phi) is 7.05. The zero-order valence-electron chi connectivity index (χ0n) is 12.9.